The van der Waals surface area contributed by atoms with E-state index in [2.05, 4.69) is 5.32 Å². The second-order valence-corrected chi connectivity index (χ2v) is 5.96. The summed E-state index contributed by atoms with van der Waals surface area (Å²) in [4.78, 5) is 24.3. The topological polar surface area (TPSA) is 64.6 Å². The van der Waals surface area contributed by atoms with Gasteiger partial charge in [0.2, 0.25) is 0 Å². The van der Waals surface area contributed by atoms with Gasteiger partial charge in [0.25, 0.3) is 5.91 Å². The van der Waals surface area contributed by atoms with E-state index in [9.17, 15) is 9.59 Å². The third-order valence-electron chi connectivity index (χ3n) is 3.47. The van der Waals surface area contributed by atoms with Gasteiger partial charge in [0.15, 0.2) is 6.10 Å². The fraction of sp³-hybridized carbons (Fsp3) is 0.222. The van der Waals surface area contributed by atoms with Gasteiger partial charge >= 0.3 is 5.97 Å². The molecule has 25 heavy (non-hydrogen) atoms. The standard InChI is InChI=1S/C18H17Cl2NO4/c1-11(25-18(23)13-7-5-8-14(19)16(13)20)17(22)21-10-12-6-3-4-9-15(12)24-2/h3-9,11H,10H2,1-2H3,(H,21,22). The number of carbonyl (C=O) groups excluding carboxylic acids is 2. The molecule has 2 aromatic carbocycles. The van der Waals surface area contributed by atoms with Crippen LogP contribution in [0.25, 0.3) is 0 Å². The molecule has 0 saturated heterocycles. The molecular weight excluding hydrogens is 365 g/mol. The number of esters is 1. The van der Waals surface area contributed by atoms with E-state index in [0.717, 1.165) is 5.56 Å². The molecule has 7 heteroatoms. The minimum Gasteiger partial charge on any atom is -0.496 e. The molecule has 1 amide bonds. The van der Waals surface area contributed by atoms with Crippen LogP contribution in [0.3, 0.4) is 0 Å². The molecule has 0 aliphatic rings. The number of methoxy groups -OCH3 is 1. The van der Waals surface area contributed by atoms with Crippen LogP contribution >= 0.6 is 23.2 Å². The lowest BCUT2D eigenvalue weighted by Gasteiger charge is -2.15. The van der Waals surface area contributed by atoms with Crippen LogP contribution in [0.4, 0.5) is 0 Å². The van der Waals surface area contributed by atoms with Crippen LogP contribution in [-0.4, -0.2) is 25.1 Å². The summed E-state index contributed by atoms with van der Waals surface area (Å²) in [7, 11) is 1.56. The van der Waals surface area contributed by atoms with Crippen LogP contribution in [0, 0.1) is 0 Å². The zero-order valence-electron chi connectivity index (χ0n) is 13.7. The van der Waals surface area contributed by atoms with E-state index in [-0.39, 0.29) is 22.2 Å². The van der Waals surface area contributed by atoms with E-state index >= 15 is 0 Å². The van der Waals surface area contributed by atoms with Crippen molar-refractivity contribution in [2.75, 3.05) is 7.11 Å². The van der Waals surface area contributed by atoms with E-state index in [1.807, 2.05) is 18.2 Å². The van der Waals surface area contributed by atoms with Gasteiger partial charge in [-0.05, 0) is 25.1 Å². The van der Waals surface area contributed by atoms with Gasteiger partial charge in [-0.2, -0.15) is 0 Å². The molecule has 0 aromatic heterocycles. The summed E-state index contributed by atoms with van der Waals surface area (Å²) in [6, 6.07) is 11.9. The van der Waals surface area contributed by atoms with Crippen molar-refractivity contribution in [1.29, 1.82) is 0 Å². The molecule has 132 valence electrons. The van der Waals surface area contributed by atoms with Gasteiger partial charge in [-0.3, -0.25) is 4.79 Å². The Labute approximate surface area is 155 Å². The maximum absolute atomic E-state index is 12.1. The molecule has 2 rings (SSSR count). The van der Waals surface area contributed by atoms with Gasteiger partial charge in [-0.15, -0.1) is 0 Å². The smallest absolute Gasteiger partial charge is 0.340 e. The lowest BCUT2D eigenvalue weighted by molar-refractivity contribution is -0.129. The maximum Gasteiger partial charge on any atom is 0.340 e. The number of halogens is 2. The van der Waals surface area contributed by atoms with Crippen molar-refractivity contribution >= 4 is 35.1 Å². The van der Waals surface area contributed by atoms with Crippen molar-refractivity contribution < 1.29 is 19.1 Å². The number of ether oxygens (including phenoxy) is 2. The maximum atomic E-state index is 12.1. The summed E-state index contributed by atoms with van der Waals surface area (Å²) in [5.41, 5.74) is 0.924. The largest absolute Gasteiger partial charge is 0.496 e. The first-order valence-electron chi connectivity index (χ1n) is 7.48. The van der Waals surface area contributed by atoms with Gasteiger partial charge in [-0.1, -0.05) is 47.5 Å². The molecule has 2 aromatic rings. The Bertz CT molecular complexity index is 779. The Kier molecular flexibility index (Phi) is 6.67. The average molecular weight is 382 g/mol. The van der Waals surface area contributed by atoms with Gasteiger partial charge in [0.1, 0.15) is 5.75 Å². The normalized spacial score (nSPS) is 11.5. The highest BCUT2D eigenvalue weighted by Crippen LogP contribution is 2.26. The van der Waals surface area contributed by atoms with Crippen molar-refractivity contribution in [2.45, 2.75) is 19.6 Å². The summed E-state index contributed by atoms with van der Waals surface area (Å²) in [5, 5.41) is 3.03. The predicted molar refractivity (Wildman–Crippen MR) is 96.2 cm³/mol. The van der Waals surface area contributed by atoms with E-state index in [1.54, 1.807) is 25.3 Å². The van der Waals surface area contributed by atoms with E-state index < -0.39 is 18.0 Å². The quantitative estimate of drug-likeness (QED) is 0.771. The predicted octanol–water partition coefficient (Wildman–Crippen LogP) is 3.86. The molecule has 1 unspecified atom stereocenters. The molecule has 0 fully saturated rings. The van der Waals surface area contributed by atoms with Crippen molar-refractivity contribution in [3.05, 3.63) is 63.6 Å². The number of hydrogen-bond donors (Lipinski definition) is 1. The first-order chi connectivity index (χ1) is 11.9. The van der Waals surface area contributed by atoms with Crippen LogP contribution in [-0.2, 0) is 16.1 Å². The van der Waals surface area contributed by atoms with Gasteiger partial charge < -0.3 is 14.8 Å². The zero-order valence-corrected chi connectivity index (χ0v) is 15.2. The molecule has 0 spiro atoms. The molecule has 1 atom stereocenters. The molecule has 0 radical (unpaired) electrons. The van der Waals surface area contributed by atoms with Crippen LogP contribution in [0.15, 0.2) is 42.5 Å². The number of benzene rings is 2. The van der Waals surface area contributed by atoms with Crippen molar-refractivity contribution in [2.24, 2.45) is 0 Å². The first-order valence-corrected chi connectivity index (χ1v) is 8.24. The second-order valence-electron chi connectivity index (χ2n) is 5.18. The zero-order chi connectivity index (χ0) is 18.4. The van der Waals surface area contributed by atoms with Crippen molar-refractivity contribution in [3.63, 3.8) is 0 Å². The molecule has 5 nitrogen and oxygen atoms in total. The Hall–Kier alpha value is -2.24. The number of carbonyl (C=O) groups is 2. The monoisotopic (exact) mass is 381 g/mol. The highest BCUT2D eigenvalue weighted by Gasteiger charge is 2.21. The third-order valence-corrected chi connectivity index (χ3v) is 4.29. The summed E-state index contributed by atoms with van der Waals surface area (Å²) in [6.45, 7) is 1.73. The molecule has 1 N–H and O–H groups in total. The van der Waals surface area contributed by atoms with Gasteiger partial charge in [-0.25, -0.2) is 4.79 Å². The molecular formula is C18H17Cl2NO4. The fourth-order valence-corrected chi connectivity index (χ4v) is 2.49. The Morgan fingerprint density at radius 2 is 1.84 bits per heavy atom. The van der Waals surface area contributed by atoms with Crippen molar-refractivity contribution in [1.82, 2.24) is 5.32 Å². The SMILES string of the molecule is COc1ccccc1CNC(=O)C(C)OC(=O)c1cccc(Cl)c1Cl. The minimum absolute atomic E-state index is 0.0933. The first kappa shape index (κ1) is 19.1. The Morgan fingerprint density at radius 1 is 1.12 bits per heavy atom. The summed E-state index contributed by atoms with van der Waals surface area (Å²) < 4.78 is 10.4. The fourth-order valence-electron chi connectivity index (χ4n) is 2.11. The van der Waals surface area contributed by atoms with Crippen LogP contribution < -0.4 is 10.1 Å². The number of amides is 1. The lowest BCUT2D eigenvalue weighted by Crippen LogP contribution is -2.35. The number of para-hydroxylation sites is 1. The highest BCUT2D eigenvalue weighted by molar-refractivity contribution is 6.43. The molecule has 0 bridgehead atoms. The lowest BCUT2D eigenvalue weighted by atomic mass is 10.2. The van der Waals surface area contributed by atoms with Crippen molar-refractivity contribution in [3.8, 4) is 5.75 Å². The Morgan fingerprint density at radius 3 is 2.56 bits per heavy atom. The molecule has 0 aliphatic carbocycles. The second kappa shape index (κ2) is 8.74. The average Bonchev–Trinajstić information content (AvgIpc) is 2.61. The van der Waals surface area contributed by atoms with Gasteiger partial charge in [0.05, 0.1) is 22.7 Å². The van der Waals surface area contributed by atoms with E-state index in [4.69, 9.17) is 32.7 Å². The van der Waals surface area contributed by atoms with Crippen LogP contribution in [0.1, 0.15) is 22.8 Å². The molecule has 0 heterocycles. The minimum atomic E-state index is -0.989. The Balaban J connectivity index is 1.96. The summed E-state index contributed by atoms with van der Waals surface area (Å²) >= 11 is 11.9. The van der Waals surface area contributed by atoms with E-state index in [1.165, 1.54) is 13.0 Å². The van der Waals surface area contributed by atoms with Crippen LogP contribution in [0.5, 0.6) is 5.75 Å². The third kappa shape index (κ3) is 4.87. The highest BCUT2D eigenvalue weighted by atomic mass is 35.5. The number of hydrogen-bond acceptors (Lipinski definition) is 4. The number of rotatable bonds is 6. The summed E-state index contributed by atoms with van der Waals surface area (Å²) in [5.74, 6) is -0.483. The molecule has 0 aliphatic heterocycles. The van der Waals surface area contributed by atoms with Gasteiger partial charge in [0, 0.05) is 12.1 Å². The van der Waals surface area contributed by atoms with Crippen LogP contribution in [0.2, 0.25) is 10.0 Å². The number of nitrogens with one attached hydrogen (secondary N) is 1. The van der Waals surface area contributed by atoms with E-state index in [0.29, 0.717) is 5.75 Å². The summed E-state index contributed by atoms with van der Waals surface area (Å²) in [6.07, 6.45) is -0.989. The molecule has 0 saturated carbocycles.